The maximum absolute atomic E-state index is 13.3. The minimum absolute atomic E-state index is 0.0411. The van der Waals surface area contributed by atoms with Gasteiger partial charge in [0.25, 0.3) is 5.91 Å². The first kappa shape index (κ1) is 17.5. The molecule has 0 radical (unpaired) electrons. The van der Waals surface area contributed by atoms with E-state index >= 15 is 0 Å². The molecule has 4 rings (SSSR count). The number of ether oxygens (including phenoxy) is 1. The number of rotatable bonds is 3. The first-order valence-corrected chi connectivity index (χ1v) is 10.2. The summed E-state index contributed by atoms with van der Waals surface area (Å²) in [4.78, 5) is 17.1. The molecule has 1 saturated heterocycles. The highest BCUT2D eigenvalue weighted by Crippen LogP contribution is 2.40. The van der Waals surface area contributed by atoms with Gasteiger partial charge in [0, 0.05) is 29.0 Å². The number of aryl methyl sites for hydroxylation is 2. The van der Waals surface area contributed by atoms with Crippen molar-refractivity contribution in [3.63, 3.8) is 0 Å². The number of carbonyl (C=O) groups is 1. The molecule has 1 unspecified atom stereocenters. The van der Waals surface area contributed by atoms with Crippen LogP contribution in [0.3, 0.4) is 0 Å². The molecular formula is C19H20BrN3O2S. The van der Waals surface area contributed by atoms with Gasteiger partial charge in [0.05, 0.1) is 23.7 Å². The summed E-state index contributed by atoms with van der Waals surface area (Å²) in [6.45, 7) is 2.75. The summed E-state index contributed by atoms with van der Waals surface area (Å²) in [5, 5.41) is 5.49. The van der Waals surface area contributed by atoms with Crippen LogP contribution in [0.5, 0.6) is 5.75 Å². The monoisotopic (exact) mass is 433 g/mol. The number of halogens is 1. The third-order valence-corrected chi connectivity index (χ3v) is 6.65. The van der Waals surface area contributed by atoms with Crippen LogP contribution in [-0.4, -0.2) is 34.2 Å². The van der Waals surface area contributed by atoms with Crippen LogP contribution in [-0.2, 0) is 7.05 Å². The Bertz CT molecular complexity index is 960. The standard InChI is InChI=1S/C19H20BrN3O2S/c1-11-13-10-17(26-19(13)22(2)21-11)18(24)23-8-4-5-15(23)14-9-12(20)6-7-16(14)25-3/h6-7,9-10,15H,4-5,8H2,1-3H3. The Hall–Kier alpha value is -1.86. The first-order valence-electron chi connectivity index (χ1n) is 8.57. The fourth-order valence-corrected chi connectivity index (χ4v) is 5.21. The molecule has 3 aromatic rings. The molecule has 1 fully saturated rings. The smallest absolute Gasteiger partial charge is 0.264 e. The van der Waals surface area contributed by atoms with Crippen molar-refractivity contribution in [3.05, 3.63) is 44.9 Å². The average molecular weight is 434 g/mol. The van der Waals surface area contributed by atoms with Gasteiger partial charge in [0.1, 0.15) is 10.6 Å². The molecule has 2 aromatic heterocycles. The average Bonchev–Trinajstić information content (AvgIpc) is 3.32. The predicted octanol–water partition coefficient (Wildman–Crippen LogP) is 4.69. The zero-order valence-corrected chi connectivity index (χ0v) is 17.4. The second-order valence-electron chi connectivity index (χ2n) is 6.58. The highest BCUT2D eigenvalue weighted by atomic mass is 79.9. The number of methoxy groups -OCH3 is 1. The summed E-state index contributed by atoms with van der Waals surface area (Å²) < 4.78 is 8.39. The normalized spacial score (nSPS) is 17.2. The van der Waals surface area contributed by atoms with E-state index in [9.17, 15) is 4.79 Å². The number of aromatic nitrogens is 2. The van der Waals surface area contributed by atoms with Crippen LogP contribution in [0.25, 0.3) is 10.2 Å². The minimum atomic E-state index is 0.0411. The lowest BCUT2D eigenvalue weighted by Gasteiger charge is -2.26. The molecule has 0 saturated carbocycles. The number of fused-ring (bicyclic) bond motifs is 1. The molecule has 7 heteroatoms. The zero-order valence-electron chi connectivity index (χ0n) is 15.0. The maximum atomic E-state index is 13.3. The van der Waals surface area contributed by atoms with Crippen LogP contribution in [0.4, 0.5) is 0 Å². The zero-order chi connectivity index (χ0) is 18.4. The van der Waals surface area contributed by atoms with Crippen molar-refractivity contribution in [2.75, 3.05) is 13.7 Å². The Morgan fingerprint density at radius 3 is 2.92 bits per heavy atom. The quantitative estimate of drug-likeness (QED) is 0.601. The van der Waals surface area contributed by atoms with E-state index in [4.69, 9.17) is 4.74 Å². The predicted molar refractivity (Wildman–Crippen MR) is 107 cm³/mol. The number of thiophene rings is 1. The van der Waals surface area contributed by atoms with Gasteiger partial charge in [0.2, 0.25) is 0 Å². The van der Waals surface area contributed by atoms with Crippen molar-refractivity contribution in [2.24, 2.45) is 7.05 Å². The third-order valence-electron chi connectivity index (χ3n) is 4.97. The number of hydrogen-bond acceptors (Lipinski definition) is 4. The van der Waals surface area contributed by atoms with Crippen LogP contribution in [0, 0.1) is 6.92 Å². The largest absolute Gasteiger partial charge is 0.496 e. The van der Waals surface area contributed by atoms with Crippen molar-refractivity contribution in [2.45, 2.75) is 25.8 Å². The van der Waals surface area contributed by atoms with Gasteiger partial charge in [-0.1, -0.05) is 15.9 Å². The lowest BCUT2D eigenvalue weighted by molar-refractivity contribution is 0.0739. The van der Waals surface area contributed by atoms with Gasteiger partial charge in [-0.25, -0.2) is 0 Å². The molecule has 1 aliphatic heterocycles. The van der Waals surface area contributed by atoms with Gasteiger partial charge in [-0.15, -0.1) is 11.3 Å². The lowest BCUT2D eigenvalue weighted by atomic mass is 10.0. The number of likely N-dealkylation sites (tertiary alicyclic amines) is 1. The molecule has 136 valence electrons. The van der Waals surface area contributed by atoms with E-state index in [1.54, 1.807) is 7.11 Å². The summed E-state index contributed by atoms with van der Waals surface area (Å²) in [5.41, 5.74) is 2.02. The van der Waals surface area contributed by atoms with E-state index < -0.39 is 0 Å². The van der Waals surface area contributed by atoms with E-state index in [0.717, 1.165) is 56.0 Å². The number of amides is 1. The summed E-state index contributed by atoms with van der Waals surface area (Å²) in [6, 6.07) is 8.01. The summed E-state index contributed by atoms with van der Waals surface area (Å²) in [5.74, 6) is 0.921. The Labute approximate surface area is 164 Å². The van der Waals surface area contributed by atoms with Crippen molar-refractivity contribution in [3.8, 4) is 5.75 Å². The third kappa shape index (κ3) is 2.83. The molecule has 1 amide bonds. The molecule has 26 heavy (non-hydrogen) atoms. The van der Waals surface area contributed by atoms with Crippen molar-refractivity contribution >= 4 is 43.4 Å². The van der Waals surface area contributed by atoms with E-state index in [1.807, 2.05) is 41.8 Å². The first-order chi connectivity index (χ1) is 12.5. The van der Waals surface area contributed by atoms with E-state index in [1.165, 1.54) is 11.3 Å². The van der Waals surface area contributed by atoms with Crippen LogP contribution in [0.2, 0.25) is 0 Å². The van der Waals surface area contributed by atoms with Crippen LogP contribution in [0.1, 0.15) is 39.8 Å². The summed E-state index contributed by atoms with van der Waals surface area (Å²) >= 11 is 5.06. The SMILES string of the molecule is COc1ccc(Br)cc1C1CCCN1C(=O)c1cc2c(C)nn(C)c2s1. The molecule has 1 aliphatic rings. The Balaban J connectivity index is 1.70. The van der Waals surface area contributed by atoms with Crippen molar-refractivity contribution in [1.29, 1.82) is 0 Å². The lowest BCUT2D eigenvalue weighted by Crippen LogP contribution is -2.30. The molecule has 0 bridgehead atoms. The molecule has 0 spiro atoms. The van der Waals surface area contributed by atoms with Gasteiger partial charge in [0.15, 0.2) is 0 Å². The Morgan fingerprint density at radius 2 is 2.19 bits per heavy atom. The van der Waals surface area contributed by atoms with E-state index in [0.29, 0.717) is 0 Å². The minimum Gasteiger partial charge on any atom is -0.496 e. The van der Waals surface area contributed by atoms with Gasteiger partial charge in [-0.05, 0) is 44.0 Å². The molecule has 3 heterocycles. The molecule has 1 atom stereocenters. The van der Waals surface area contributed by atoms with Crippen LogP contribution < -0.4 is 4.74 Å². The fourth-order valence-electron chi connectivity index (χ4n) is 3.75. The van der Waals surface area contributed by atoms with Crippen molar-refractivity contribution in [1.82, 2.24) is 14.7 Å². The van der Waals surface area contributed by atoms with Gasteiger partial charge in [-0.2, -0.15) is 5.10 Å². The molecule has 0 N–H and O–H groups in total. The number of benzene rings is 1. The topological polar surface area (TPSA) is 47.4 Å². The van der Waals surface area contributed by atoms with E-state index in [2.05, 4.69) is 27.1 Å². The highest BCUT2D eigenvalue weighted by Gasteiger charge is 2.33. The van der Waals surface area contributed by atoms with Crippen molar-refractivity contribution < 1.29 is 9.53 Å². The Kier molecular flexibility index (Phi) is 4.52. The van der Waals surface area contributed by atoms with Crippen LogP contribution in [0.15, 0.2) is 28.7 Å². The molecule has 0 aliphatic carbocycles. The summed E-state index contributed by atoms with van der Waals surface area (Å²) in [6.07, 6.45) is 1.95. The number of carbonyl (C=O) groups excluding carboxylic acids is 1. The fraction of sp³-hybridized carbons (Fsp3) is 0.368. The summed E-state index contributed by atoms with van der Waals surface area (Å²) in [7, 11) is 3.60. The molecule has 1 aromatic carbocycles. The van der Waals surface area contributed by atoms with Crippen LogP contribution >= 0.6 is 27.3 Å². The molecule has 5 nitrogen and oxygen atoms in total. The number of hydrogen-bond donors (Lipinski definition) is 0. The number of nitrogens with zero attached hydrogens (tertiary/aromatic N) is 3. The second kappa shape index (κ2) is 6.70. The van der Waals surface area contributed by atoms with Gasteiger partial charge >= 0.3 is 0 Å². The van der Waals surface area contributed by atoms with Gasteiger partial charge in [-0.3, -0.25) is 9.48 Å². The van der Waals surface area contributed by atoms with Gasteiger partial charge < -0.3 is 9.64 Å². The second-order valence-corrected chi connectivity index (χ2v) is 8.53. The highest BCUT2D eigenvalue weighted by molar-refractivity contribution is 9.10. The Morgan fingerprint density at radius 1 is 1.38 bits per heavy atom. The maximum Gasteiger partial charge on any atom is 0.264 e. The molecular weight excluding hydrogens is 414 g/mol. The van der Waals surface area contributed by atoms with E-state index in [-0.39, 0.29) is 11.9 Å².